The SMILES string of the molecule is COCO[C@H](/C=C/[C@H](OCOC)[C@H](CCO)OCOC)C[C@@H](C)OCc1ccc(OC)cc1. The van der Waals surface area contributed by atoms with Crippen molar-refractivity contribution in [2.75, 3.05) is 55.4 Å². The van der Waals surface area contributed by atoms with E-state index in [-0.39, 0.29) is 39.2 Å². The molecule has 190 valence electrons. The predicted octanol–water partition coefficient (Wildman–Crippen LogP) is 2.90. The highest BCUT2D eigenvalue weighted by molar-refractivity contribution is 5.26. The summed E-state index contributed by atoms with van der Waals surface area (Å²) in [6.07, 6.45) is 3.52. The number of benzene rings is 1. The summed E-state index contributed by atoms with van der Waals surface area (Å²) in [5.74, 6) is 0.809. The Kier molecular flexibility index (Phi) is 16.8. The molecular formula is C24H40O9. The van der Waals surface area contributed by atoms with Gasteiger partial charge < -0.3 is 43.0 Å². The van der Waals surface area contributed by atoms with Gasteiger partial charge in [-0.1, -0.05) is 24.3 Å². The Hall–Kier alpha value is -1.56. The van der Waals surface area contributed by atoms with Crippen LogP contribution >= 0.6 is 0 Å². The Bertz CT molecular complexity index is 608. The maximum Gasteiger partial charge on any atom is 0.147 e. The zero-order valence-corrected chi connectivity index (χ0v) is 20.4. The minimum atomic E-state index is -0.462. The van der Waals surface area contributed by atoms with Crippen molar-refractivity contribution in [3.63, 3.8) is 0 Å². The molecule has 0 amide bonds. The molecule has 0 aliphatic rings. The fraction of sp³-hybridized carbons (Fsp3) is 0.667. The fourth-order valence-corrected chi connectivity index (χ4v) is 3.01. The Morgan fingerprint density at radius 2 is 1.45 bits per heavy atom. The largest absolute Gasteiger partial charge is 0.497 e. The van der Waals surface area contributed by atoms with E-state index in [0.29, 0.717) is 19.4 Å². The van der Waals surface area contributed by atoms with Crippen LogP contribution in [0, 0.1) is 0 Å². The van der Waals surface area contributed by atoms with Gasteiger partial charge in [0.05, 0.1) is 32.0 Å². The van der Waals surface area contributed by atoms with Crippen LogP contribution < -0.4 is 4.74 Å². The van der Waals surface area contributed by atoms with Gasteiger partial charge in [0.25, 0.3) is 0 Å². The van der Waals surface area contributed by atoms with Gasteiger partial charge in [0, 0.05) is 34.4 Å². The fourth-order valence-electron chi connectivity index (χ4n) is 3.01. The highest BCUT2D eigenvalue weighted by atomic mass is 16.7. The minimum Gasteiger partial charge on any atom is -0.497 e. The van der Waals surface area contributed by atoms with E-state index in [9.17, 15) is 5.11 Å². The van der Waals surface area contributed by atoms with Gasteiger partial charge in [0.2, 0.25) is 0 Å². The van der Waals surface area contributed by atoms with E-state index >= 15 is 0 Å². The lowest BCUT2D eigenvalue weighted by atomic mass is 10.1. The molecule has 0 bridgehead atoms. The maximum absolute atomic E-state index is 9.41. The van der Waals surface area contributed by atoms with E-state index in [1.165, 1.54) is 0 Å². The van der Waals surface area contributed by atoms with Crippen LogP contribution in [0.3, 0.4) is 0 Å². The second-order valence-corrected chi connectivity index (χ2v) is 7.36. The molecule has 9 heteroatoms. The molecule has 0 aromatic heterocycles. The number of hydrogen-bond donors (Lipinski definition) is 1. The number of hydrogen-bond acceptors (Lipinski definition) is 9. The quantitative estimate of drug-likeness (QED) is 0.227. The number of ether oxygens (including phenoxy) is 8. The van der Waals surface area contributed by atoms with E-state index in [1.807, 2.05) is 43.3 Å². The summed E-state index contributed by atoms with van der Waals surface area (Å²) < 4.78 is 43.6. The summed E-state index contributed by atoms with van der Waals surface area (Å²) in [6.45, 7) is 2.74. The molecule has 0 heterocycles. The number of aliphatic hydroxyl groups excluding tert-OH is 1. The van der Waals surface area contributed by atoms with Crippen LogP contribution in [0.1, 0.15) is 25.3 Å². The average molecular weight is 473 g/mol. The monoisotopic (exact) mass is 472 g/mol. The highest BCUT2D eigenvalue weighted by Crippen LogP contribution is 2.16. The predicted molar refractivity (Wildman–Crippen MR) is 123 cm³/mol. The molecule has 1 aromatic carbocycles. The number of rotatable bonds is 20. The molecular weight excluding hydrogens is 432 g/mol. The number of methoxy groups -OCH3 is 4. The van der Waals surface area contributed by atoms with E-state index in [0.717, 1.165) is 11.3 Å². The van der Waals surface area contributed by atoms with Crippen molar-refractivity contribution in [3.05, 3.63) is 42.0 Å². The van der Waals surface area contributed by atoms with Gasteiger partial charge in [-0.25, -0.2) is 0 Å². The molecule has 0 spiro atoms. The van der Waals surface area contributed by atoms with Crippen LogP contribution in [0.2, 0.25) is 0 Å². The van der Waals surface area contributed by atoms with Crippen LogP contribution in [0.4, 0.5) is 0 Å². The van der Waals surface area contributed by atoms with Gasteiger partial charge >= 0.3 is 0 Å². The summed E-state index contributed by atoms with van der Waals surface area (Å²) in [6, 6.07) is 7.77. The van der Waals surface area contributed by atoms with Gasteiger partial charge in [0.15, 0.2) is 0 Å². The summed E-state index contributed by atoms with van der Waals surface area (Å²) >= 11 is 0. The normalized spacial score (nSPS) is 15.5. The van der Waals surface area contributed by atoms with Crippen LogP contribution in [-0.4, -0.2) is 84.9 Å². The standard InChI is InChI=1S/C24H40O9/c1-19(30-15-20-6-8-21(29-5)9-7-20)14-22(31-16-26-2)10-11-23(32-17-27-3)24(12-13-25)33-18-28-4/h6-11,19,22-25H,12-18H2,1-5H3/b11-10+/t19-,22-,23+,24+/m1/s1. The van der Waals surface area contributed by atoms with Crippen molar-refractivity contribution in [3.8, 4) is 5.75 Å². The zero-order valence-electron chi connectivity index (χ0n) is 20.4. The molecule has 0 saturated heterocycles. The summed E-state index contributed by atoms with van der Waals surface area (Å²) in [5.41, 5.74) is 1.06. The number of aliphatic hydroxyl groups is 1. The highest BCUT2D eigenvalue weighted by Gasteiger charge is 2.22. The third kappa shape index (κ3) is 13.0. The Balaban J connectivity index is 2.76. The molecule has 0 unspecified atom stereocenters. The Morgan fingerprint density at radius 3 is 2.06 bits per heavy atom. The lowest BCUT2D eigenvalue weighted by Crippen LogP contribution is -2.33. The van der Waals surface area contributed by atoms with Crippen molar-refractivity contribution in [2.24, 2.45) is 0 Å². The summed E-state index contributed by atoms with van der Waals surface area (Å²) in [4.78, 5) is 0. The van der Waals surface area contributed by atoms with Gasteiger partial charge in [0.1, 0.15) is 32.2 Å². The minimum absolute atomic E-state index is 0.0467. The summed E-state index contributed by atoms with van der Waals surface area (Å²) in [5, 5.41) is 9.41. The first-order chi connectivity index (χ1) is 16.1. The lowest BCUT2D eigenvalue weighted by Gasteiger charge is -2.25. The van der Waals surface area contributed by atoms with Crippen molar-refractivity contribution in [1.29, 1.82) is 0 Å². The van der Waals surface area contributed by atoms with Crippen molar-refractivity contribution in [2.45, 2.75) is 50.8 Å². The second-order valence-electron chi connectivity index (χ2n) is 7.36. The molecule has 1 aromatic rings. The van der Waals surface area contributed by atoms with E-state index in [2.05, 4.69) is 0 Å². The topological polar surface area (TPSA) is 94.1 Å². The smallest absolute Gasteiger partial charge is 0.147 e. The van der Waals surface area contributed by atoms with Crippen LogP contribution in [-0.2, 0) is 39.8 Å². The molecule has 4 atom stereocenters. The molecule has 9 nitrogen and oxygen atoms in total. The molecule has 0 fully saturated rings. The van der Waals surface area contributed by atoms with Crippen molar-refractivity contribution >= 4 is 0 Å². The van der Waals surface area contributed by atoms with Gasteiger partial charge in [-0.15, -0.1) is 0 Å². The van der Waals surface area contributed by atoms with Gasteiger partial charge in [-0.2, -0.15) is 0 Å². The third-order valence-corrected chi connectivity index (χ3v) is 4.73. The Labute approximate surface area is 197 Å². The first-order valence-corrected chi connectivity index (χ1v) is 10.9. The molecule has 1 rings (SSSR count). The van der Waals surface area contributed by atoms with Crippen molar-refractivity contribution in [1.82, 2.24) is 0 Å². The van der Waals surface area contributed by atoms with E-state index in [1.54, 1.807) is 28.4 Å². The van der Waals surface area contributed by atoms with E-state index < -0.39 is 12.2 Å². The maximum atomic E-state index is 9.41. The Morgan fingerprint density at radius 1 is 0.818 bits per heavy atom. The van der Waals surface area contributed by atoms with Crippen LogP contribution in [0.5, 0.6) is 5.75 Å². The molecule has 0 saturated carbocycles. The molecule has 1 N–H and O–H groups in total. The average Bonchev–Trinajstić information content (AvgIpc) is 2.84. The molecule has 0 radical (unpaired) electrons. The second kappa shape index (κ2) is 18.8. The van der Waals surface area contributed by atoms with Crippen LogP contribution in [0.15, 0.2) is 36.4 Å². The van der Waals surface area contributed by atoms with E-state index in [4.69, 9.17) is 37.9 Å². The zero-order chi connectivity index (χ0) is 24.3. The third-order valence-electron chi connectivity index (χ3n) is 4.73. The van der Waals surface area contributed by atoms with Gasteiger partial charge in [-0.05, 0) is 31.0 Å². The first-order valence-electron chi connectivity index (χ1n) is 10.9. The molecule has 33 heavy (non-hydrogen) atoms. The summed E-state index contributed by atoms with van der Waals surface area (Å²) in [7, 11) is 6.30. The molecule has 0 aliphatic heterocycles. The van der Waals surface area contributed by atoms with Crippen molar-refractivity contribution < 1.29 is 43.0 Å². The first kappa shape index (κ1) is 29.5. The van der Waals surface area contributed by atoms with Gasteiger partial charge in [-0.3, -0.25) is 0 Å². The molecule has 0 aliphatic carbocycles. The lowest BCUT2D eigenvalue weighted by molar-refractivity contribution is -0.147. The van der Waals surface area contributed by atoms with Crippen LogP contribution in [0.25, 0.3) is 0 Å².